The van der Waals surface area contributed by atoms with Gasteiger partial charge in [-0.2, -0.15) is 0 Å². The van der Waals surface area contributed by atoms with E-state index in [2.05, 4.69) is 15.9 Å². The lowest BCUT2D eigenvalue weighted by Crippen LogP contribution is -2.49. The van der Waals surface area contributed by atoms with Crippen LogP contribution in [0.3, 0.4) is 0 Å². The summed E-state index contributed by atoms with van der Waals surface area (Å²) in [5, 5.41) is 9.81. The molecule has 0 heterocycles. The monoisotopic (exact) mass is 286 g/mol. The summed E-state index contributed by atoms with van der Waals surface area (Å²) < 4.78 is 14.6. The zero-order valence-corrected chi connectivity index (χ0v) is 11.1. The molecule has 1 fully saturated rings. The third kappa shape index (κ3) is 1.70. The van der Waals surface area contributed by atoms with Crippen LogP contribution >= 0.6 is 15.9 Å². The predicted octanol–water partition coefficient (Wildman–Crippen LogP) is 3.85. The van der Waals surface area contributed by atoms with Gasteiger partial charge in [-0.25, -0.2) is 4.39 Å². The second kappa shape index (κ2) is 4.11. The van der Waals surface area contributed by atoms with Gasteiger partial charge in [-0.05, 0) is 36.5 Å². The first-order chi connectivity index (χ1) is 7.49. The molecule has 1 N–H and O–H groups in total. The lowest BCUT2D eigenvalue weighted by Gasteiger charge is -2.51. The Labute approximate surface area is 104 Å². The molecule has 3 unspecified atom stereocenters. The molecule has 3 heteroatoms. The molecule has 3 atom stereocenters. The van der Waals surface area contributed by atoms with Gasteiger partial charge in [-0.15, -0.1) is 0 Å². The minimum Gasteiger partial charge on any atom is -0.393 e. The highest BCUT2D eigenvalue weighted by Crippen LogP contribution is 2.55. The van der Waals surface area contributed by atoms with Crippen molar-refractivity contribution in [3.05, 3.63) is 34.1 Å². The highest BCUT2D eigenvalue weighted by atomic mass is 79.9. The lowest BCUT2D eigenvalue weighted by atomic mass is 9.55. The molecule has 1 nitrogen and oxygen atoms in total. The van der Waals surface area contributed by atoms with Gasteiger partial charge in [0.05, 0.1) is 6.10 Å². The van der Waals surface area contributed by atoms with Crippen LogP contribution < -0.4 is 0 Å². The van der Waals surface area contributed by atoms with E-state index in [-0.39, 0.29) is 23.3 Å². The maximum atomic E-state index is 13.8. The molecule has 0 spiro atoms. The van der Waals surface area contributed by atoms with Gasteiger partial charge >= 0.3 is 0 Å². The number of hydrogen-bond acceptors (Lipinski definition) is 1. The third-order valence-electron chi connectivity index (χ3n) is 4.12. The molecule has 0 aromatic heterocycles. The fraction of sp³-hybridized carbons (Fsp3) is 0.538. The molecule has 0 amide bonds. The normalized spacial score (nSPS) is 33.6. The Balaban J connectivity index is 2.33. The quantitative estimate of drug-likeness (QED) is 0.876. The van der Waals surface area contributed by atoms with E-state index in [1.165, 1.54) is 6.07 Å². The summed E-state index contributed by atoms with van der Waals surface area (Å²) in [7, 11) is 0. The van der Waals surface area contributed by atoms with Crippen LogP contribution in [-0.2, 0) is 0 Å². The topological polar surface area (TPSA) is 20.2 Å². The van der Waals surface area contributed by atoms with E-state index in [1.807, 2.05) is 26.0 Å². The van der Waals surface area contributed by atoms with Gasteiger partial charge in [0.2, 0.25) is 0 Å². The molecular weight excluding hydrogens is 271 g/mol. The van der Waals surface area contributed by atoms with E-state index in [9.17, 15) is 9.50 Å². The van der Waals surface area contributed by atoms with Gasteiger partial charge in [0.25, 0.3) is 0 Å². The molecule has 1 aliphatic carbocycles. The van der Waals surface area contributed by atoms with Crippen LogP contribution in [-0.4, -0.2) is 11.2 Å². The maximum absolute atomic E-state index is 13.8. The second-order valence-corrected chi connectivity index (χ2v) is 5.74. The molecule has 1 aromatic carbocycles. The van der Waals surface area contributed by atoms with Gasteiger partial charge in [0.15, 0.2) is 0 Å². The van der Waals surface area contributed by atoms with E-state index in [4.69, 9.17) is 0 Å². The van der Waals surface area contributed by atoms with Crippen LogP contribution in [0.1, 0.15) is 38.2 Å². The summed E-state index contributed by atoms with van der Waals surface area (Å²) >= 11 is 3.25. The first kappa shape index (κ1) is 12.1. The van der Waals surface area contributed by atoms with Crippen molar-refractivity contribution >= 4 is 15.9 Å². The number of benzene rings is 1. The molecule has 1 saturated carbocycles. The summed E-state index contributed by atoms with van der Waals surface area (Å²) in [5.74, 6) is -0.0356. The number of hydrogen-bond donors (Lipinski definition) is 1. The van der Waals surface area contributed by atoms with Crippen molar-refractivity contribution in [3.8, 4) is 0 Å². The Morgan fingerprint density at radius 2 is 2.25 bits per heavy atom. The second-order valence-electron chi connectivity index (χ2n) is 4.83. The van der Waals surface area contributed by atoms with Crippen LogP contribution in [0.5, 0.6) is 0 Å². The molecule has 2 rings (SSSR count). The summed E-state index contributed by atoms with van der Waals surface area (Å²) in [4.78, 5) is 0. The number of aliphatic hydroxyl groups is 1. The minimum atomic E-state index is -0.300. The summed E-state index contributed by atoms with van der Waals surface area (Å²) in [6.45, 7) is 4.08. The molecular formula is C13H16BrFO. The molecule has 88 valence electrons. The van der Waals surface area contributed by atoms with Crippen LogP contribution in [0.15, 0.2) is 22.7 Å². The van der Waals surface area contributed by atoms with Crippen LogP contribution in [0.25, 0.3) is 0 Å². The molecule has 0 saturated heterocycles. The summed E-state index contributed by atoms with van der Waals surface area (Å²) in [6, 6.07) is 5.18. The van der Waals surface area contributed by atoms with Crippen molar-refractivity contribution in [2.24, 2.45) is 5.41 Å². The zero-order chi connectivity index (χ0) is 11.9. The minimum absolute atomic E-state index is 0.139. The largest absolute Gasteiger partial charge is 0.393 e. The van der Waals surface area contributed by atoms with Gasteiger partial charge in [-0.3, -0.25) is 0 Å². The highest BCUT2D eigenvalue weighted by Gasteiger charge is 2.50. The Bertz CT molecular complexity index is 407. The third-order valence-corrected chi connectivity index (χ3v) is 4.61. The average Bonchev–Trinajstić information content (AvgIpc) is 2.26. The number of halogens is 2. The predicted molar refractivity (Wildman–Crippen MR) is 65.9 cm³/mol. The average molecular weight is 287 g/mol. The maximum Gasteiger partial charge on any atom is 0.127 e. The van der Waals surface area contributed by atoms with E-state index in [1.54, 1.807) is 0 Å². The lowest BCUT2D eigenvalue weighted by molar-refractivity contribution is -0.0787. The van der Waals surface area contributed by atoms with Crippen molar-refractivity contribution in [2.75, 3.05) is 0 Å². The van der Waals surface area contributed by atoms with Crippen molar-refractivity contribution < 1.29 is 9.50 Å². The molecule has 0 aliphatic heterocycles. The first-order valence-electron chi connectivity index (χ1n) is 5.62. The van der Waals surface area contributed by atoms with Gasteiger partial charge in [0.1, 0.15) is 5.82 Å². The number of aliphatic hydroxyl groups excluding tert-OH is 1. The van der Waals surface area contributed by atoms with Crippen molar-refractivity contribution in [3.63, 3.8) is 0 Å². The van der Waals surface area contributed by atoms with Crippen LogP contribution in [0.4, 0.5) is 4.39 Å². The summed E-state index contributed by atoms with van der Waals surface area (Å²) in [5.41, 5.74) is 0.562. The van der Waals surface area contributed by atoms with E-state index < -0.39 is 0 Å². The molecule has 0 radical (unpaired) electrons. The van der Waals surface area contributed by atoms with Crippen molar-refractivity contribution in [2.45, 2.75) is 38.7 Å². The Hall–Kier alpha value is -0.410. The van der Waals surface area contributed by atoms with Gasteiger partial charge in [-0.1, -0.05) is 35.8 Å². The van der Waals surface area contributed by atoms with Gasteiger partial charge < -0.3 is 5.11 Å². The van der Waals surface area contributed by atoms with Crippen molar-refractivity contribution in [1.82, 2.24) is 0 Å². The fourth-order valence-corrected chi connectivity index (χ4v) is 2.91. The van der Waals surface area contributed by atoms with Gasteiger partial charge in [0, 0.05) is 9.89 Å². The van der Waals surface area contributed by atoms with E-state index in [0.717, 1.165) is 16.5 Å². The van der Waals surface area contributed by atoms with Crippen LogP contribution in [0, 0.1) is 11.2 Å². The molecule has 1 aliphatic rings. The summed E-state index contributed by atoms with van der Waals surface area (Å²) in [6.07, 6.45) is 1.24. The first-order valence-corrected chi connectivity index (χ1v) is 6.41. The molecule has 16 heavy (non-hydrogen) atoms. The standard InChI is InChI=1S/C13H16BrFO/c1-3-13(2)10(7-12(13)16)9-5-4-8(14)6-11(9)15/h4-6,10,12,16H,3,7H2,1-2H3. The Morgan fingerprint density at radius 3 is 2.75 bits per heavy atom. The van der Waals surface area contributed by atoms with Crippen LogP contribution in [0.2, 0.25) is 0 Å². The molecule has 0 bridgehead atoms. The highest BCUT2D eigenvalue weighted by molar-refractivity contribution is 9.10. The fourth-order valence-electron chi connectivity index (χ4n) is 2.58. The Morgan fingerprint density at radius 1 is 1.56 bits per heavy atom. The van der Waals surface area contributed by atoms with E-state index >= 15 is 0 Å². The zero-order valence-electron chi connectivity index (χ0n) is 9.50. The van der Waals surface area contributed by atoms with Crippen molar-refractivity contribution in [1.29, 1.82) is 0 Å². The smallest absolute Gasteiger partial charge is 0.127 e. The van der Waals surface area contributed by atoms with E-state index in [0.29, 0.717) is 6.42 Å². The Kier molecular flexibility index (Phi) is 3.10. The number of rotatable bonds is 2. The molecule has 1 aromatic rings. The SMILES string of the molecule is CCC1(C)C(O)CC1c1ccc(Br)cc1F.